The van der Waals surface area contributed by atoms with Crippen LogP contribution in [-0.4, -0.2) is 29.7 Å². The minimum Gasteiger partial charge on any atom is -0.478 e. The van der Waals surface area contributed by atoms with Crippen LogP contribution in [0, 0.1) is 6.92 Å². The van der Waals surface area contributed by atoms with Crippen molar-refractivity contribution in [1.82, 2.24) is 4.98 Å². The van der Waals surface area contributed by atoms with Crippen LogP contribution in [0.2, 0.25) is 0 Å². The summed E-state index contributed by atoms with van der Waals surface area (Å²) in [6, 6.07) is 3.59. The Morgan fingerprint density at radius 1 is 1.22 bits per heavy atom. The van der Waals surface area contributed by atoms with Crippen molar-refractivity contribution >= 4 is 11.6 Å². The van der Waals surface area contributed by atoms with Crippen molar-refractivity contribution in [3.63, 3.8) is 0 Å². The first kappa shape index (κ1) is 19.4. The van der Waals surface area contributed by atoms with Crippen LogP contribution in [-0.2, 0) is 9.53 Å². The quantitative estimate of drug-likeness (QED) is 0.659. The number of amides is 1. The Bertz CT molecular complexity index is 505. The van der Waals surface area contributed by atoms with E-state index in [0.29, 0.717) is 31.2 Å². The van der Waals surface area contributed by atoms with Gasteiger partial charge in [0.25, 0.3) is 5.91 Å². The molecule has 0 spiro atoms. The molecule has 0 radical (unpaired) electrons. The SMILES string of the molecule is CCCCC[C@@](C)(OCC)C(=O)Nc1ccc(OCC)nc1C. The van der Waals surface area contributed by atoms with Gasteiger partial charge in [0.15, 0.2) is 0 Å². The molecule has 0 saturated heterocycles. The number of carbonyl (C=O) groups is 1. The first-order chi connectivity index (χ1) is 11.0. The van der Waals surface area contributed by atoms with Crippen molar-refractivity contribution in [2.45, 2.75) is 65.9 Å². The van der Waals surface area contributed by atoms with Crippen LogP contribution in [0.5, 0.6) is 5.88 Å². The Kier molecular flexibility index (Phi) is 8.03. The predicted octanol–water partition coefficient (Wildman–Crippen LogP) is 4.10. The zero-order chi connectivity index (χ0) is 17.3. The van der Waals surface area contributed by atoms with Crippen molar-refractivity contribution < 1.29 is 14.3 Å². The van der Waals surface area contributed by atoms with Gasteiger partial charge in [-0.15, -0.1) is 0 Å². The molecule has 1 aromatic rings. The van der Waals surface area contributed by atoms with Gasteiger partial charge in [0, 0.05) is 12.7 Å². The van der Waals surface area contributed by atoms with E-state index < -0.39 is 5.60 Å². The minimum absolute atomic E-state index is 0.121. The lowest BCUT2D eigenvalue weighted by atomic mass is 9.96. The van der Waals surface area contributed by atoms with E-state index in [2.05, 4.69) is 17.2 Å². The molecular formula is C18H30N2O3. The fourth-order valence-electron chi connectivity index (χ4n) is 2.44. The van der Waals surface area contributed by atoms with Crippen LogP contribution >= 0.6 is 0 Å². The fraction of sp³-hybridized carbons (Fsp3) is 0.667. The van der Waals surface area contributed by atoms with Gasteiger partial charge < -0.3 is 14.8 Å². The highest BCUT2D eigenvalue weighted by molar-refractivity contribution is 5.97. The lowest BCUT2D eigenvalue weighted by Gasteiger charge is -2.28. The molecule has 0 bridgehead atoms. The molecule has 23 heavy (non-hydrogen) atoms. The van der Waals surface area contributed by atoms with Crippen LogP contribution < -0.4 is 10.1 Å². The van der Waals surface area contributed by atoms with Crippen LogP contribution in [0.4, 0.5) is 5.69 Å². The topological polar surface area (TPSA) is 60.5 Å². The van der Waals surface area contributed by atoms with E-state index in [1.165, 1.54) is 0 Å². The van der Waals surface area contributed by atoms with E-state index in [-0.39, 0.29) is 5.91 Å². The summed E-state index contributed by atoms with van der Waals surface area (Å²) in [5.41, 5.74) is 0.617. The summed E-state index contributed by atoms with van der Waals surface area (Å²) in [6.07, 6.45) is 3.90. The Balaban J connectivity index is 2.81. The second-order valence-electron chi connectivity index (χ2n) is 5.79. The summed E-state index contributed by atoms with van der Waals surface area (Å²) in [5, 5.41) is 2.95. The zero-order valence-corrected chi connectivity index (χ0v) is 15.1. The molecule has 0 aliphatic heterocycles. The highest BCUT2D eigenvalue weighted by atomic mass is 16.5. The molecule has 1 aromatic heterocycles. The summed E-state index contributed by atoms with van der Waals surface area (Å²) in [6.45, 7) is 10.8. The number of pyridine rings is 1. The van der Waals surface area contributed by atoms with Crippen molar-refractivity contribution in [2.24, 2.45) is 0 Å². The monoisotopic (exact) mass is 322 g/mol. The maximum Gasteiger partial charge on any atom is 0.256 e. The van der Waals surface area contributed by atoms with Crippen LogP contribution in [0.3, 0.4) is 0 Å². The Labute approximate surface area is 139 Å². The van der Waals surface area contributed by atoms with Crippen molar-refractivity contribution in [3.8, 4) is 5.88 Å². The first-order valence-corrected chi connectivity index (χ1v) is 8.52. The second kappa shape index (κ2) is 9.50. The molecule has 0 aromatic carbocycles. The van der Waals surface area contributed by atoms with Gasteiger partial charge in [-0.1, -0.05) is 26.2 Å². The van der Waals surface area contributed by atoms with Gasteiger partial charge in [-0.3, -0.25) is 4.79 Å². The summed E-state index contributed by atoms with van der Waals surface area (Å²) in [4.78, 5) is 17.0. The maximum absolute atomic E-state index is 12.7. The predicted molar refractivity (Wildman–Crippen MR) is 92.9 cm³/mol. The van der Waals surface area contributed by atoms with E-state index in [4.69, 9.17) is 9.47 Å². The maximum atomic E-state index is 12.7. The van der Waals surface area contributed by atoms with E-state index >= 15 is 0 Å². The molecule has 1 amide bonds. The number of carbonyl (C=O) groups excluding carboxylic acids is 1. The van der Waals surface area contributed by atoms with Crippen molar-refractivity contribution in [2.75, 3.05) is 18.5 Å². The lowest BCUT2D eigenvalue weighted by molar-refractivity contribution is -0.139. The normalized spacial score (nSPS) is 13.4. The van der Waals surface area contributed by atoms with Crippen LogP contribution in [0.25, 0.3) is 0 Å². The number of hydrogen-bond donors (Lipinski definition) is 1. The molecule has 0 aliphatic rings. The van der Waals surface area contributed by atoms with Gasteiger partial charge >= 0.3 is 0 Å². The molecule has 0 saturated carbocycles. The van der Waals surface area contributed by atoms with Gasteiger partial charge in [0.1, 0.15) is 5.60 Å². The molecule has 1 rings (SSSR count). The highest BCUT2D eigenvalue weighted by Gasteiger charge is 2.33. The van der Waals surface area contributed by atoms with Gasteiger partial charge in [0.05, 0.1) is 18.0 Å². The third-order valence-electron chi connectivity index (χ3n) is 3.80. The largest absolute Gasteiger partial charge is 0.478 e. The minimum atomic E-state index is -0.811. The van der Waals surface area contributed by atoms with Gasteiger partial charge in [-0.05, 0) is 40.2 Å². The van der Waals surface area contributed by atoms with Crippen molar-refractivity contribution in [1.29, 1.82) is 0 Å². The Morgan fingerprint density at radius 3 is 2.52 bits per heavy atom. The third kappa shape index (κ3) is 5.82. The second-order valence-corrected chi connectivity index (χ2v) is 5.79. The Hall–Kier alpha value is -1.62. The number of hydrogen-bond acceptors (Lipinski definition) is 4. The number of aromatic nitrogens is 1. The highest BCUT2D eigenvalue weighted by Crippen LogP contribution is 2.24. The number of anilines is 1. The summed E-state index contributed by atoms with van der Waals surface area (Å²) >= 11 is 0. The first-order valence-electron chi connectivity index (χ1n) is 8.52. The summed E-state index contributed by atoms with van der Waals surface area (Å²) in [5.74, 6) is 0.447. The number of nitrogens with zero attached hydrogens (tertiary/aromatic N) is 1. The number of aryl methyl sites for hydroxylation is 1. The number of ether oxygens (including phenoxy) is 2. The van der Waals surface area contributed by atoms with Crippen molar-refractivity contribution in [3.05, 3.63) is 17.8 Å². The molecule has 1 heterocycles. The Morgan fingerprint density at radius 2 is 1.96 bits per heavy atom. The van der Waals surface area contributed by atoms with E-state index in [1.54, 1.807) is 6.07 Å². The van der Waals surface area contributed by atoms with E-state index in [0.717, 1.165) is 25.0 Å². The zero-order valence-electron chi connectivity index (χ0n) is 15.1. The van der Waals surface area contributed by atoms with Crippen LogP contribution in [0.1, 0.15) is 59.1 Å². The number of nitrogens with one attached hydrogen (secondary N) is 1. The molecule has 1 N–H and O–H groups in total. The van der Waals surface area contributed by atoms with Gasteiger partial charge in [0.2, 0.25) is 5.88 Å². The molecule has 0 fully saturated rings. The number of rotatable bonds is 10. The fourth-order valence-corrected chi connectivity index (χ4v) is 2.44. The van der Waals surface area contributed by atoms with Gasteiger partial charge in [-0.25, -0.2) is 4.98 Å². The van der Waals surface area contributed by atoms with E-state index in [1.807, 2.05) is 33.8 Å². The average molecular weight is 322 g/mol. The third-order valence-corrected chi connectivity index (χ3v) is 3.80. The molecule has 5 heteroatoms. The number of unbranched alkanes of at least 4 members (excludes halogenated alkanes) is 2. The lowest BCUT2D eigenvalue weighted by Crippen LogP contribution is -2.43. The van der Waals surface area contributed by atoms with Gasteiger partial charge in [-0.2, -0.15) is 0 Å². The smallest absolute Gasteiger partial charge is 0.256 e. The molecule has 5 nitrogen and oxygen atoms in total. The van der Waals surface area contributed by atoms with Crippen LogP contribution in [0.15, 0.2) is 12.1 Å². The molecule has 130 valence electrons. The molecule has 0 unspecified atom stereocenters. The molecule has 0 aliphatic carbocycles. The molecular weight excluding hydrogens is 292 g/mol. The summed E-state index contributed by atoms with van der Waals surface area (Å²) in [7, 11) is 0. The average Bonchev–Trinajstić information content (AvgIpc) is 2.50. The summed E-state index contributed by atoms with van der Waals surface area (Å²) < 4.78 is 11.1. The van der Waals surface area contributed by atoms with E-state index in [9.17, 15) is 4.79 Å². The standard InChI is InChI=1S/C18H30N2O3/c1-6-9-10-13-18(5,23-8-3)17(21)20-15-11-12-16(22-7-2)19-14(15)4/h11-12H,6-10,13H2,1-5H3,(H,20,21)/t18-/m1/s1. The molecule has 1 atom stereocenters.